The Morgan fingerprint density at radius 1 is 0.629 bits per heavy atom. The molecule has 1 N–H and O–H groups in total. The molecular formula is C55H89ClN4O10. The standard InChI is InChI=1S/C30H48N2O6.C25H40N2O4.ClH/c1-22(2)32(24-12-10-17-31(21-24)29(34)38-30(3,4)5)28(33)23-15-16-26(37-25-13-8-7-9-14-25)27(20-23)36-19-11-18-35-6;1-19(2)27(21-9-7-14-26-18-21)25(28)20-12-13-23(31-22-10-5-4-6-11-22)24(17-20)30-16-8-15-29-3;/h15-16,20,22,24-25H,7-14,17-19,21H2,1-6H3;12-13,17,19,21-22,26H,4-11,14-16,18H2,1-3H3;1H/t24-;21-;/m11./s1. The molecule has 2 heterocycles. The third-order valence-corrected chi connectivity index (χ3v) is 13.3. The van der Waals surface area contributed by atoms with Crippen molar-refractivity contribution in [3.05, 3.63) is 47.5 Å². The molecular weight excluding hydrogens is 912 g/mol. The molecule has 4 fully saturated rings. The van der Waals surface area contributed by atoms with Crippen LogP contribution in [0.2, 0.25) is 0 Å². The predicted molar refractivity (Wildman–Crippen MR) is 278 cm³/mol. The molecule has 3 amide bonds. The fraction of sp³-hybridized carbons (Fsp3) is 0.727. The van der Waals surface area contributed by atoms with E-state index in [4.69, 9.17) is 33.2 Å². The largest absolute Gasteiger partial charge is 0.490 e. The Labute approximate surface area is 426 Å². The highest BCUT2D eigenvalue weighted by Gasteiger charge is 2.35. The Morgan fingerprint density at radius 3 is 1.53 bits per heavy atom. The van der Waals surface area contributed by atoms with Crippen LogP contribution in [-0.2, 0) is 14.2 Å². The number of amides is 3. The molecule has 2 saturated carbocycles. The topological polar surface area (TPSA) is 138 Å². The lowest BCUT2D eigenvalue weighted by atomic mass is 9.98. The van der Waals surface area contributed by atoms with E-state index in [0.717, 1.165) is 83.0 Å². The number of nitrogens with one attached hydrogen (secondary N) is 1. The lowest BCUT2D eigenvalue weighted by Crippen LogP contribution is -2.54. The molecule has 15 heteroatoms. The van der Waals surface area contributed by atoms with Gasteiger partial charge in [0.2, 0.25) is 0 Å². The highest BCUT2D eigenvalue weighted by molar-refractivity contribution is 5.96. The number of hydrogen-bond acceptors (Lipinski definition) is 11. The van der Waals surface area contributed by atoms with E-state index in [0.29, 0.717) is 67.9 Å². The summed E-state index contributed by atoms with van der Waals surface area (Å²) in [5, 5.41) is 3.43. The normalized spacial score (nSPS) is 19.0. The van der Waals surface area contributed by atoms with E-state index in [1.807, 2.05) is 80.8 Å². The zero-order chi connectivity index (χ0) is 49.8. The van der Waals surface area contributed by atoms with Crippen LogP contribution in [0.25, 0.3) is 0 Å². The molecule has 0 unspecified atom stereocenters. The fourth-order valence-corrected chi connectivity index (χ4v) is 9.89. The van der Waals surface area contributed by atoms with E-state index in [-0.39, 0.29) is 66.7 Å². The van der Waals surface area contributed by atoms with Crippen molar-refractivity contribution in [2.75, 3.05) is 66.8 Å². The summed E-state index contributed by atoms with van der Waals surface area (Å²) in [6.45, 7) is 19.1. The quantitative estimate of drug-likeness (QED) is 0.127. The molecule has 14 nitrogen and oxygen atoms in total. The summed E-state index contributed by atoms with van der Waals surface area (Å²) in [5.74, 6) is 2.70. The summed E-state index contributed by atoms with van der Waals surface area (Å²) in [6, 6.07) is 11.5. The first-order chi connectivity index (χ1) is 33.2. The number of ether oxygens (including phenoxy) is 7. The first-order valence-electron chi connectivity index (χ1n) is 26.4. The second kappa shape index (κ2) is 30.1. The average Bonchev–Trinajstić information content (AvgIpc) is 3.33. The molecule has 0 radical (unpaired) electrons. The Hall–Kier alpha value is -3.98. The van der Waals surface area contributed by atoms with Gasteiger partial charge in [0, 0.05) is 89.2 Å². The van der Waals surface area contributed by atoms with E-state index in [9.17, 15) is 14.4 Å². The lowest BCUT2D eigenvalue weighted by Gasteiger charge is -2.41. The molecule has 2 atom stereocenters. The van der Waals surface area contributed by atoms with Gasteiger partial charge < -0.3 is 53.2 Å². The Bertz CT molecular complexity index is 1860. The van der Waals surface area contributed by atoms with Crippen LogP contribution in [0.5, 0.6) is 23.0 Å². The van der Waals surface area contributed by atoms with Gasteiger partial charge >= 0.3 is 6.09 Å². The number of rotatable bonds is 20. The van der Waals surface area contributed by atoms with Crippen molar-refractivity contribution in [3.8, 4) is 23.0 Å². The Morgan fingerprint density at radius 2 is 1.10 bits per heavy atom. The summed E-state index contributed by atoms with van der Waals surface area (Å²) in [5.41, 5.74) is 0.668. The number of methoxy groups -OCH3 is 2. The van der Waals surface area contributed by atoms with E-state index < -0.39 is 5.60 Å². The highest BCUT2D eigenvalue weighted by Crippen LogP contribution is 2.35. The zero-order valence-electron chi connectivity index (χ0n) is 44.2. The third kappa shape index (κ3) is 18.6. The van der Waals surface area contributed by atoms with Gasteiger partial charge in [-0.3, -0.25) is 9.59 Å². The third-order valence-electron chi connectivity index (χ3n) is 13.3. The van der Waals surface area contributed by atoms with Crippen LogP contribution in [0, 0.1) is 0 Å². The van der Waals surface area contributed by atoms with E-state index in [1.165, 1.54) is 38.5 Å². The molecule has 6 rings (SSSR count). The van der Waals surface area contributed by atoms with Crippen molar-refractivity contribution < 1.29 is 47.5 Å². The van der Waals surface area contributed by atoms with E-state index >= 15 is 0 Å². The predicted octanol–water partition coefficient (Wildman–Crippen LogP) is 10.9. The summed E-state index contributed by atoms with van der Waals surface area (Å²) in [7, 11) is 3.37. The molecule has 70 heavy (non-hydrogen) atoms. The van der Waals surface area contributed by atoms with Crippen LogP contribution in [0.4, 0.5) is 4.79 Å². The van der Waals surface area contributed by atoms with Gasteiger partial charge in [-0.05, 0) is 168 Å². The van der Waals surface area contributed by atoms with Gasteiger partial charge in [0.1, 0.15) is 5.60 Å². The molecule has 2 aliphatic heterocycles. The average molecular weight is 1000 g/mol. The summed E-state index contributed by atoms with van der Waals surface area (Å²) in [6.07, 6.45) is 17.0. The molecule has 0 aromatic heterocycles. The number of piperidine rings is 2. The summed E-state index contributed by atoms with van der Waals surface area (Å²) < 4.78 is 40.7. The van der Waals surface area contributed by atoms with Crippen LogP contribution in [0.1, 0.15) is 172 Å². The van der Waals surface area contributed by atoms with Gasteiger partial charge in [-0.25, -0.2) is 4.79 Å². The minimum atomic E-state index is -0.557. The van der Waals surface area contributed by atoms with Gasteiger partial charge in [0.15, 0.2) is 23.0 Å². The number of nitrogens with zero attached hydrogens (tertiary/aromatic N) is 3. The zero-order valence-corrected chi connectivity index (χ0v) is 45.0. The number of carbonyl (C=O) groups is 3. The fourth-order valence-electron chi connectivity index (χ4n) is 9.89. The first-order valence-corrected chi connectivity index (χ1v) is 26.4. The van der Waals surface area contributed by atoms with Crippen molar-refractivity contribution in [1.29, 1.82) is 0 Å². The Balaban J connectivity index is 0.000000306. The SMILES string of the molecule is COCCCOc1cc(C(=O)N(C(C)C)[C@@H]2CCCN(C(=O)OC(C)(C)C)C2)ccc1OC1CCCCC1.COCCCOc1cc(C(=O)N(C(C)C)[C@@H]2CCCNC2)ccc1OC1CCCCC1.Cl. The number of likely N-dealkylation sites (tertiary alicyclic amines) is 1. The lowest BCUT2D eigenvalue weighted by molar-refractivity contribution is 0.00751. The van der Waals surface area contributed by atoms with Crippen LogP contribution in [0.15, 0.2) is 36.4 Å². The summed E-state index contributed by atoms with van der Waals surface area (Å²) in [4.78, 5) is 45.8. The van der Waals surface area contributed by atoms with Crippen molar-refractivity contribution in [2.24, 2.45) is 0 Å². The number of carbonyl (C=O) groups excluding carboxylic acids is 3. The molecule has 4 aliphatic rings. The second-order valence-corrected chi connectivity index (χ2v) is 20.8. The summed E-state index contributed by atoms with van der Waals surface area (Å²) >= 11 is 0. The number of benzene rings is 2. The van der Waals surface area contributed by atoms with Gasteiger partial charge in [0.05, 0.1) is 31.5 Å². The van der Waals surface area contributed by atoms with Crippen molar-refractivity contribution in [2.45, 2.75) is 193 Å². The van der Waals surface area contributed by atoms with E-state index in [2.05, 4.69) is 19.2 Å². The maximum atomic E-state index is 13.9. The van der Waals surface area contributed by atoms with Crippen LogP contribution < -0.4 is 24.3 Å². The van der Waals surface area contributed by atoms with Gasteiger partial charge in [-0.2, -0.15) is 0 Å². The second-order valence-electron chi connectivity index (χ2n) is 20.8. The minimum Gasteiger partial charge on any atom is -0.490 e. The smallest absolute Gasteiger partial charge is 0.410 e. The maximum absolute atomic E-state index is 13.9. The molecule has 2 aliphatic carbocycles. The monoisotopic (exact) mass is 1000 g/mol. The van der Waals surface area contributed by atoms with Crippen LogP contribution in [0.3, 0.4) is 0 Å². The molecule has 2 saturated heterocycles. The maximum Gasteiger partial charge on any atom is 0.410 e. The van der Waals surface area contributed by atoms with Gasteiger partial charge in [0.25, 0.3) is 11.8 Å². The van der Waals surface area contributed by atoms with Crippen molar-refractivity contribution in [1.82, 2.24) is 20.0 Å². The minimum absolute atomic E-state index is 0. The molecule has 0 bridgehead atoms. The first kappa shape index (κ1) is 58.6. The molecule has 2 aromatic rings. The number of halogens is 1. The van der Waals surface area contributed by atoms with Gasteiger partial charge in [-0.15, -0.1) is 12.4 Å². The molecule has 0 spiro atoms. The molecule has 2 aromatic carbocycles. The molecule has 396 valence electrons. The highest BCUT2D eigenvalue weighted by atomic mass is 35.5. The Kier molecular flexibility index (Phi) is 25.2. The number of hydrogen-bond donors (Lipinski definition) is 1. The van der Waals surface area contributed by atoms with E-state index in [1.54, 1.807) is 19.1 Å². The van der Waals surface area contributed by atoms with Crippen LogP contribution >= 0.6 is 12.4 Å². The van der Waals surface area contributed by atoms with Gasteiger partial charge in [-0.1, -0.05) is 12.8 Å². The van der Waals surface area contributed by atoms with Crippen molar-refractivity contribution >= 4 is 30.3 Å². The van der Waals surface area contributed by atoms with Crippen molar-refractivity contribution in [3.63, 3.8) is 0 Å². The van der Waals surface area contributed by atoms with Crippen LogP contribution in [-0.4, -0.2) is 141 Å².